The highest BCUT2D eigenvalue weighted by Crippen LogP contribution is 2.31. The number of aromatic nitrogens is 1. The van der Waals surface area contributed by atoms with Crippen LogP contribution >= 0.6 is 0 Å². The normalized spacial score (nSPS) is 14.0. The molecule has 0 N–H and O–H groups in total. The number of pyridine rings is 1. The van der Waals surface area contributed by atoms with Crippen LogP contribution in [0.1, 0.15) is 6.92 Å². The van der Waals surface area contributed by atoms with Crippen LogP contribution in [0.3, 0.4) is 0 Å². The Hall–Kier alpha value is -1.62. The van der Waals surface area contributed by atoms with Crippen molar-refractivity contribution in [3.05, 3.63) is 30.5 Å². The molecule has 0 bridgehead atoms. The number of rotatable bonds is 5. The van der Waals surface area contributed by atoms with Crippen molar-refractivity contribution in [2.75, 3.05) is 31.1 Å². The molecule has 0 aliphatic rings. The number of ether oxygens (including phenoxy) is 1. The minimum Gasteiger partial charge on any atom is -0.494 e. The van der Waals surface area contributed by atoms with E-state index < -0.39 is 10.8 Å². The zero-order chi connectivity index (χ0) is 14.7. The minimum atomic E-state index is -0.812. The van der Waals surface area contributed by atoms with Crippen LogP contribution < -0.4 is 9.64 Å². The van der Waals surface area contributed by atoms with Gasteiger partial charge in [0.05, 0.1) is 7.11 Å². The Labute approximate surface area is 122 Å². The molecule has 0 fully saturated rings. The molecule has 0 amide bonds. The van der Waals surface area contributed by atoms with E-state index in [1.165, 1.54) is 0 Å². The highest BCUT2D eigenvalue weighted by atomic mass is 32.2. The van der Waals surface area contributed by atoms with Gasteiger partial charge in [-0.25, -0.2) is 0 Å². The fourth-order valence-corrected chi connectivity index (χ4v) is 3.20. The Morgan fingerprint density at radius 2 is 2.15 bits per heavy atom. The maximum Gasteiger partial charge on any atom is 0.145 e. The van der Waals surface area contributed by atoms with Crippen LogP contribution in [0.2, 0.25) is 0 Å². The Morgan fingerprint density at radius 3 is 2.80 bits per heavy atom. The average Bonchev–Trinajstić information content (AvgIpc) is 2.44. The summed E-state index contributed by atoms with van der Waals surface area (Å²) in [6, 6.07) is 8.08. The number of nitrogens with zero attached hydrogens (tertiary/aromatic N) is 2. The van der Waals surface area contributed by atoms with Crippen LogP contribution in [0.4, 0.5) is 5.69 Å². The number of para-hydroxylation sites is 1. The Kier molecular flexibility index (Phi) is 4.60. The molecule has 0 radical (unpaired) electrons. The van der Waals surface area contributed by atoms with Crippen molar-refractivity contribution in [1.82, 2.24) is 4.98 Å². The van der Waals surface area contributed by atoms with Crippen LogP contribution in [0, 0.1) is 0 Å². The van der Waals surface area contributed by atoms with Gasteiger partial charge in [0.25, 0.3) is 0 Å². The summed E-state index contributed by atoms with van der Waals surface area (Å²) in [6.07, 6.45) is 3.52. The highest BCUT2D eigenvalue weighted by molar-refractivity contribution is 7.84. The molecule has 0 saturated carbocycles. The molecule has 2 atom stereocenters. The van der Waals surface area contributed by atoms with Gasteiger partial charge >= 0.3 is 0 Å². The first-order valence-electron chi connectivity index (χ1n) is 6.49. The van der Waals surface area contributed by atoms with E-state index in [0.29, 0.717) is 5.75 Å². The summed E-state index contributed by atoms with van der Waals surface area (Å²) in [6.45, 7) is 2.08. The second kappa shape index (κ2) is 6.22. The number of anilines is 1. The molecular formula is C15H20N2O2S. The zero-order valence-corrected chi connectivity index (χ0v) is 13.1. The van der Waals surface area contributed by atoms with Crippen molar-refractivity contribution < 1.29 is 8.95 Å². The van der Waals surface area contributed by atoms with Crippen molar-refractivity contribution >= 4 is 27.4 Å². The topological polar surface area (TPSA) is 42.4 Å². The summed E-state index contributed by atoms with van der Waals surface area (Å²) < 4.78 is 16.8. The first kappa shape index (κ1) is 14.8. The monoisotopic (exact) mass is 292 g/mol. The zero-order valence-electron chi connectivity index (χ0n) is 12.3. The summed E-state index contributed by atoms with van der Waals surface area (Å²) in [5, 5.41) is 1.04. The summed E-state index contributed by atoms with van der Waals surface area (Å²) in [4.78, 5) is 6.55. The van der Waals surface area contributed by atoms with E-state index in [2.05, 4.69) is 16.8 Å². The van der Waals surface area contributed by atoms with Gasteiger partial charge in [0.1, 0.15) is 11.3 Å². The SMILES string of the molecule is COc1cccc2c(N(C)[C@@H](C)C[S@@](C)=O)ccnc12. The lowest BCUT2D eigenvalue weighted by Gasteiger charge is -2.27. The van der Waals surface area contributed by atoms with E-state index in [4.69, 9.17) is 4.74 Å². The maximum absolute atomic E-state index is 11.4. The molecule has 5 heteroatoms. The minimum absolute atomic E-state index is 0.192. The van der Waals surface area contributed by atoms with Crippen LogP contribution in [0.25, 0.3) is 10.9 Å². The van der Waals surface area contributed by atoms with Gasteiger partial charge < -0.3 is 9.64 Å². The van der Waals surface area contributed by atoms with Crippen LogP contribution in [-0.2, 0) is 10.8 Å². The molecule has 4 nitrogen and oxygen atoms in total. The third-order valence-electron chi connectivity index (χ3n) is 3.45. The second-order valence-corrected chi connectivity index (χ2v) is 6.37. The molecule has 0 aliphatic heterocycles. The van der Waals surface area contributed by atoms with Crippen molar-refractivity contribution in [1.29, 1.82) is 0 Å². The van der Waals surface area contributed by atoms with Crippen LogP contribution in [0.15, 0.2) is 30.5 Å². The van der Waals surface area contributed by atoms with Gasteiger partial charge in [0.15, 0.2) is 0 Å². The molecule has 20 heavy (non-hydrogen) atoms. The van der Waals surface area contributed by atoms with Crippen LogP contribution in [-0.4, -0.2) is 41.4 Å². The number of hydrogen-bond donors (Lipinski definition) is 0. The fourth-order valence-electron chi connectivity index (χ4n) is 2.30. The third-order valence-corrected chi connectivity index (χ3v) is 4.40. The molecule has 1 aromatic heterocycles. The number of methoxy groups -OCH3 is 1. The highest BCUT2D eigenvalue weighted by Gasteiger charge is 2.15. The van der Waals surface area contributed by atoms with Gasteiger partial charge in [-0.15, -0.1) is 0 Å². The molecule has 108 valence electrons. The van der Waals surface area contributed by atoms with Crippen molar-refractivity contribution in [3.63, 3.8) is 0 Å². The predicted molar refractivity (Wildman–Crippen MR) is 85.1 cm³/mol. The molecule has 0 spiro atoms. The maximum atomic E-state index is 11.4. The van der Waals surface area contributed by atoms with Gasteiger partial charge in [-0.3, -0.25) is 9.19 Å². The lowest BCUT2D eigenvalue weighted by atomic mass is 10.1. The van der Waals surface area contributed by atoms with E-state index in [-0.39, 0.29) is 6.04 Å². The Bertz CT molecular complexity index is 630. The van der Waals surface area contributed by atoms with E-state index in [1.54, 1.807) is 19.6 Å². The van der Waals surface area contributed by atoms with E-state index >= 15 is 0 Å². The van der Waals surface area contributed by atoms with Gasteiger partial charge in [-0.05, 0) is 19.1 Å². The first-order valence-corrected chi connectivity index (χ1v) is 8.22. The number of fused-ring (bicyclic) bond motifs is 1. The summed E-state index contributed by atoms with van der Waals surface area (Å²) >= 11 is 0. The van der Waals surface area contributed by atoms with Crippen molar-refractivity contribution in [2.45, 2.75) is 13.0 Å². The first-order chi connectivity index (χ1) is 9.54. The molecule has 1 heterocycles. The molecule has 0 unspecified atom stereocenters. The number of benzene rings is 1. The molecule has 1 aromatic carbocycles. The Morgan fingerprint density at radius 1 is 1.40 bits per heavy atom. The molecule has 2 aromatic rings. The van der Waals surface area contributed by atoms with Gasteiger partial charge in [0.2, 0.25) is 0 Å². The molecule has 2 rings (SSSR count). The summed E-state index contributed by atoms with van der Waals surface area (Å²) in [5.41, 5.74) is 1.93. The summed E-state index contributed by atoms with van der Waals surface area (Å²) in [5.74, 6) is 1.41. The van der Waals surface area contributed by atoms with E-state index in [9.17, 15) is 4.21 Å². The summed E-state index contributed by atoms with van der Waals surface area (Å²) in [7, 11) is 2.86. The quantitative estimate of drug-likeness (QED) is 0.849. The van der Waals surface area contributed by atoms with Gasteiger partial charge in [0, 0.05) is 53.2 Å². The number of hydrogen-bond acceptors (Lipinski definition) is 4. The lowest BCUT2D eigenvalue weighted by Crippen LogP contribution is -2.33. The van der Waals surface area contributed by atoms with Crippen molar-refractivity contribution in [3.8, 4) is 5.75 Å². The lowest BCUT2D eigenvalue weighted by molar-refractivity contribution is 0.419. The van der Waals surface area contributed by atoms with E-state index in [1.807, 2.05) is 31.3 Å². The smallest absolute Gasteiger partial charge is 0.145 e. The van der Waals surface area contributed by atoms with Gasteiger partial charge in [-0.2, -0.15) is 0 Å². The largest absolute Gasteiger partial charge is 0.494 e. The third kappa shape index (κ3) is 2.93. The standard InChI is InChI=1S/C15H20N2O2S/c1-11(10-20(4)18)17(2)13-8-9-16-15-12(13)6-5-7-14(15)19-3/h5-9,11H,10H2,1-4H3/t11-,20+/m0/s1. The van der Waals surface area contributed by atoms with Gasteiger partial charge in [-0.1, -0.05) is 12.1 Å². The molecular weight excluding hydrogens is 272 g/mol. The fraction of sp³-hybridized carbons (Fsp3) is 0.400. The predicted octanol–water partition coefficient (Wildman–Crippen LogP) is 2.45. The Balaban J connectivity index is 2.46. The van der Waals surface area contributed by atoms with Crippen molar-refractivity contribution in [2.24, 2.45) is 0 Å². The molecule has 0 saturated heterocycles. The second-order valence-electron chi connectivity index (χ2n) is 4.89. The van der Waals surface area contributed by atoms with E-state index in [0.717, 1.165) is 22.3 Å². The van der Waals surface area contributed by atoms with Crippen LogP contribution in [0.5, 0.6) is 5.75 Å². The molecule has 0 aliphatic carbocycles. The average molecular weight is 292 g/mol.